The lowest BCUT2D eigenvalue weighted by molar-refractivity contribution is -0.108. The van der Waals surface area contributed by atoms with Gasteiger partial charge in [0.15, 0.2) is 11.5 Å². The van der Waals surface area contributed by atoms with Crippen LogP contribution in [-0.4, -0.2) is 31.0 Å². The van der Waals surface area contributed by atoms with Crippen molar-refractivity contribution in [2.24, 2.45) is 0 Å². The minimum atomic E-state index is 0.210. The number of methoxy groups -OCH3 is 1. The molecule has 1 fully saturated rings. The Kier molecular flexibility index (Phi) is 5.77. The van der Waals surface area contributed by atoms with Gasteiger partial charge in [0, 0.05) is 6.42 Å². The first-order valence-electron chi connectivity index (χ1n) is 7.10. The second-order valence-electron chi connectivity index (χ2n) is 5.14. The minimum Gasteiger partial charge on any atom is -0.493 e. The van der Waals surface area contributed by atoms with Crippen LogP contribution in [0.25, 0.3) is 0 Å². The summed E-state index contributed by atoms with van der Waals surface area (Å²) in [4.78, 5) is 10.6. The van der Waals surface area contributed by atoms with Crippen LogP contribution in [0.5, 0.6) is 11.5 Å². The van der Waals surface area contributed by atoms with E-state index >= 15 is 0 Å². The van der Waals surface area contributed by atoms with E-state index in [1.54, 1.807) is 7.11 Å². The van der Waals surface area contributed by atoms with Gasteiger partial charge in [-0.15, -0.1) is 0 Å². The van der Waals surface area contributed by atoms with E-state index in [4.69, 9.17) is 9.47 Å². The van der Waals surface area contributed by atoms with E-state index < -0.39 is 0 Å². The molecule has 1 aliphatic heterocycles. The van der Waals surface area contributed by atoms with Crippen LogP contribution in [0.1, 0.15) is 37.7 Å². The number of hydrogen-bond acceptors (Lipinski definition) is 4. The van der Waals surface area contributed by atoms with Crippen LogP contribution in [0.3, 0.4) is 0 Å². The van der Waals surface area contributed by atoms with Crippen molar-refractivity contribution in [1.82, 2.24) is 0 Å². The molecule has 1 aliphatic rings. The average Bonchev–Trinajstić information content (AvgIpc) is 2.49. The van der Waals surface area contributed by atoms with Gasteiger partial charge in [0.05, 0.1) is 7.11 Å². The quantitative estimate of drug-likeness (QED) is 0.750. The number of aldehydes is 1. The highest BCUT2D eigenvalue weighted by Crippen LogP contribution is 2.33. The highest BCUT2D eigenvalue weighted by molar-refractivity contribution is 7.99. The normalized spacial score (nSPS) is 17.5. The van der Waals surface area contributed by atoms with Crippen LogP contribution in [0, 0.1) is 0 Å². The largest absolute Gasteiger partial charge is 0.493 e. The van der Waals surface area contributed by atoms with Crippen molar-refractivity contribution in [3.05, 3.63) is 23.8 Å². The Hall–Kier alpha value is -1.16. The van der Waals surface area contributed by atoms with Crippen LogP contribution >= 0.6 is 11.8 Å². The summed E-state index contributed by atoms with van der Waals surface area (Å²) in [6.45, 7) is 2.04. The van der Waals surface area contributed by atoms with Crippen molar-refractivity contribution in [3.63, 3.8) is 0 Å². The van der Waals surface area contributed by atoms with E-state index in [9.17, 15) is 4.79 Å². The van der Waals surface area contributed by atoms with E-state index in [0.29, 0.717) is 12.5 Å². The van der Waals surface area contributed by atoms with Crippen molar-refractivity contribution in [3.8, 4) is 11.5 Å². The Morgan fingerprint density at radius 2 is 2.10 bits per heavy atom. The van der Waals surface area contributed by atoms with Gasteiger partial charge < -0.3 is 14.3 Å². The number of carbonyl (C=O) groups is 1. The molecule has 0 N–H and O–H groups in total. The maximum atomic E-state index is 10.6. The molecule has 2 rings (SSSR count). The Morgan fingerprint density at radius 1 is 1.35 bits per heavy atom. The van der Waals surface area contributed by atoms with Gasteiger partial charge in [0.1, 0.15) is 12.4 Å². The summed E-state index contributed by atoms with van der Waals surface area (Å²) in [5.74, 6) is 4.12. The second kappa shape index (κ2) is 7.58. The highest BCUT2D eigenvalue weighted by Gasteiger charge is 2.18. The van der Waals surface area contributed by atoms with Crippen LogP contribution in [0.15, 0.2) is 18.2 Å². The Balaban J connectivity index is 2.10. The maximum Gasteiger partial charge on any atom is 0.161 e. The summed E-state index contributed by atoms with van der Waals surface area (Å²) in [6, 6.07) is 5.99. The molecule has 20 heavy (non-hydrogen) atoms. The molecular formula is C16H22O3S. The average molecular weight is 294 g/mol. The predicted molar refractivity (Wildman–Crippen MR) is 83.1 cm³/mol. The number of thioether (sulfide) groups is 1. The van der Waals surface area contributed by atoms with Crippen molar-refractivity contribution < 1.29 is 14.3 Å². The standard InChI is InChI=1S/C16H22O3S/c1-12(5-8-17)13-3-4-15(16(11-13)18-2)19-14-6-9-20-10-7-14/h3-4,8,11-12,14H,5-7,9-10H2,1-2H3. The van der Waals surface area contributed by atoms with Crippen molar-refractivity contribution in [2.45, 2.75) is 38.2 Å². The van der Waals surface area contributed by atoms with Crippen LogP contribution in [-0.2, 0) is 4.79 Å². The predicted octanol–water partition coefficient (Wildman–Crippen LogP) is 3.66. The summed E-state index contributed by atoms with van der Waals surface area (Å²) in [5, 5.41) is 0. The van der Waals surface area contributed by atoms with Gasteiger partial charge in [-0.3, -0.25) is 0 Å². The summed E-state index contributed by atoms with van der Waals surface area (Å²) in [6.07, 6.45) is 3.97. The molecule has 4 heteroatoms. The lowest BCUT2D eigenvalue weighted by Gasteiger charge is -2.24. The fourth-order valence-electron chi connectivity index (χ4n) is 2.34. The SMILES string of the molecule is COc1cc(C(C)CC=O)ccc1OC1CCSCC1. The molecule has 1 aromatic carbocycles. The Bertz CT molecular complexity index is 441. The molecule has 0 spiro atoms. The summed E-state index contributed by atoms with van der Waals surface area (Å²) in [5.41, 5.74) is 1.11. The first kappa shape index (κ1) is 15.2. The number of rotatable bonds is 6. The number of ether oxygens (including phenoxy) is 2. The van der Waals surface area contributed by atoms with Gasteiger partial charge in [0.2, 0.25) is 0 Å². The molecule has 3 nitrogen and oxygen atoms in total. The fraction of sp³-hybridized carbons (Fsp3) is 0.562. The number of carbonyl (C=O) groups excluding carboxylic acids is 1. The zero-order valence-corrected chi connectivity index (χ0v) is 12.9. The van der Waals surface area contributed by atoms with Gasteiger partial charge >= 0.3 is 0 Å². The summed E-state index contributed by atoms with van der Waals surface area (Å²) in [7, 11) is 1.66. The van der Waals surface area contributed by atoms with Gasteiger partial charge in [-0.25, -0.2) is 0 Å². The Morgan fingerprint density at radius 3 is 2.75 bits per heavy atom. The van der Waals surface area contributed by atoms with Crippen LogP contribution < -0.4 is 9.47 Å². The molecule has 0 saturated carbocycles. The van der Waals surface area contributed by atoms with Gasteiger partial charge in [-0.05, 0) is 48.0 Å². The van der Waals surface area contributed by atoms with Gasteiger partial charge in [-0.2, -0.15) is 11.8 Å². The molecule has 1 aromatic rings. The van der Waals surface area contributed by atoms with E-state index in [0.717, 1.165) is 36.2 Å². The van der Waals surface area contributed by atoms with E-state index in [1.807, 2.05) is 36.9 Å². The summed E-state index contributed by atoms with van der Waals surface area (Å²) >= 11 is 1.99. The molecule has 0 amide bonds. The Labute approximate surface area is 125 Å². The van der Waals surface area contributed by atoms with Crippen molar-refractivity contribution in [2.75, 3.05) is 18.6 Å². The van der Waals surface area contributed by atoms with Crippen LogP contribution in [0.4, 0.5) is 0 Å². The molecule has 1 saturated heterocycles. The van der Waals surface area contributed by atoms with Crippen molar-refractivity contribution in [1.29, 1.82) is 0 Å². The fourth-order valence-corrected chi connectivity index (χ4v) is 3.41. The third-order valence-electron chi connectivity index (χ3n) is 3.67. The van der Waals surface area contributed by atoms with E-state index in [2.05, 4.69) is 0 Å². The van der Waals surface area contributed by atoms with Gasteiger partial charge in [-0.1, -0.05) is 13.0 Å². The maximum absolute atomic E-state index is 10.6. The first-order valence-corrected chi connectivity index (χ1v) is 8.26. The lowest BCUT2D eigenvalue weighted by Crippen LogP contribution is -2.22. The molecular weight excluding hydrogens is 272 g/mol. The summed E-state index contributed by atoms with van der Waals surface area (Å²) < 4.78 is 11.5. The highest BCUT2D eigenvalue weighted by atomic mass is 32.2. The molecule has 0 aliphatic carbocycles. The van der Waals surface area contributed by atoms with E-state index in [1.165, 1.54) is 11.5 Å². The molecule has 1 atom stereocenters. The molecule has 0 bridgehead atoms. The van der Waals surface area contributed by atoms with Gasteiger partial charge in [0.25, 0.3) is 0 Å². The minimum absolute atomic E-state index is 0.210. The van der Waals surface area contributed by atoms with E-state index in [-0.39, 0.29) is 5.92 Å². The zero-order chi connectivity index (χ0) is 14.4. The number of benzene rings is 1. The third-order valence-corrected chi connectivity index (χ3v) is 4.72. The lowest BCUT2D eigenvalue weighted by atomic mass is 9.98. The second-order valence-corrected chi connectivity index (χ2v) is 6.37. The zero-order valence-electron chi connectivity index (χ0n) is 12.1. The monoisotopic (exact) mass is 294 g/mol. The molecule has 0 aromatic heterocycles. The molecule has 110 valence electrons. The third kappa shape index (κ3) is 3.92. The van der Waals surface area contributed by atoms with Crippen molar-refractivity contribution >= 4 is 18.0 Å². The number of hydrogen-bond donors (Lipinski definition) is 0. The topological polar surface area (TPSA) is 35.5 Å². The molecule has 1 unspecified atom stereocenters. The van der Waals surface area contributed by atoms with Crippen LogP contribution in [0.2, 0.25) is 0 Å². The molecule has 1 heterocycles. The first-order chi connectivity index (χ1) is 9.74. The molecule has 0 radical (unpaired) electrons. The smallest absolute Gasteiger partial charge is 0.161 e.